The molecule has 0 aromatic carbocycles. The van der Waals surface area contributed by atoms with E-state index in [1.54, 1.807) is 12.3 Å². The van der Waals surface area contributed by atoms with E-state index in [0.29, 0.717) is 34.3 Å². The van der Waals surface area contributed by atoms with Crippen molar-refractivity contribution >= 4 is 34.5 Å². The fourth-order valence-corrected chi connectivity index (χ4v) is 3.51. The van der Waals surface area contributed by atoms with Gasteiger partial charge in [0.15, 0.2) is 0 Å². The number of carbonyl (C=O) groups excluding carboxylic acids is 1. The molecule has 1 aliphatic rings. The summed E-state index contributed by atoms with van der Waals surface area (Å²) in [6.45, 7) is -0.269. The quantitative estimate of drug-likeness (QED) is 0.508. The van der Waals surface area contributed by atoms with Crippen LogP contribution in [0.15, 0.2) is 36.9 Å². The van der Waals surface area contributed by atoms with E-state index in [-0.39, 0.29) is 6.54 Å². The molecular weight excluding hydrogens is 409 g/mol. The van der Waals surface area contributed by atoms with Crippen LogP contribution >= 0.6 is 0 Å². The minimum absolute atomic E-state index is 0.269. The number of carboxylic acids is 2. The molecule has 10 nitrogen and oxygen atoms in total. The average Bonchev–Trinajstić information content (AvgIpc) is 3.31. The number of nitrogens with one attached hydrogen (secondary N) is 1. The van der Waals surface area contributed by atoms with E-state index >= 15 is 0 Å². The van der Waals surface area contributed by atoms with Crippen molar-refractivity contribution in [1.82, 2.24) is 24.8 Å². The van der Waals surface area contributed by atoms with Crippen molar-refractivity contribution in [3.05, 3.63) is 59.7 Å². The van der Waals surface area contributed by atoms with Crippen molar-refractivity contribution in [2.75, 3.05) is 0 Å². The maximum atomic E-state index is 13.7. The first-order chi connectivity index (χ1) is 14.8. The zero-order valence-corrected chi connectivity index (χ0v) is 15.9. The van der Waals surface area contributed by atoms with Crippen molar-refractivity contribution in [3.63, 3.8) is 0 Å². The second-order valence-electron chi connectivity index (χ2n) is 6.93. The lowest BCUT2D eigenvalue weighted by atomic mass is 10.0. The highest BCUT2D eigenvalue weighted by molar-refractivity contribution is 5.95. The Kier molecular flexibility index (Phi) is 5.15. The third kappa shape index (κ3) is 3.97. The number of hydrogen-bond donors (Lipinski definition) is 3. The molecule has 0 unspecified atom stereocenters. The minimum Gasteiger partial charge on any atom is -0.481 e. The van der Waals surface area contributed by atoms with E-state index in [0.717, 1.165) is 11.9 Å². The van der Waals surface area contributed by atoms with Crippen molar-refractivity contribution < 1.29 is 29.0 Å². The van der Waals surface area contributed by atoms with Gasteiger partial charge in [-0.3, -0.25) is 14.6 Å². The molecule has 0 spiro atoms. The van der Waals surface area contributed by atoms with Crippen LogP contribution in [0.5, 0.6) is 0 Å². The van der Waals surface area contributed by atoms with Crippen LogP contribution in [0.3, 0.4) is 0 Å². The Morgan fingerprint density at radius 1 is 1.23 bits per heavy atom. The van der Waals surface area contributed by atoms with Gasteiger partial charge >= 0.3 is 11.9 Å². The summed E-state index contributed by atoms with van der Waals surface area (Å²) in [7, 11) is 0. The molecule has 158 valence electrons. The molecule has 1 atom stereocenters. The summed E-state index contributed by atoms with van der Waals surface area (Å²) >= 11 is 0. The van der Waals surface area contributed by atoms with Gasteiger partial charge in [-0.25, -0.2) is 19.2 Å². The lowest BCUT2D eigenvalue weighted by Crippen LogP contribution is -2.43. The van der Waals surface area contributed by atoms with Crippen LogP contribution in [0.2, 0.25) is 0 Å². The zero-order chi connectivity index (χ0) is 22.1. The number of aromatic nitrogens is 4. The topological polar surface area (TPSA) is 147 Å². The lowest BCUT2D eigenvalue weighted by molar-refractivity contribution is -0.147. The lowest BCUT2D eigenvalue weighted by Gasteiger charge is -2.13. The maximum absolute atomic E-state index is 13.7. The van der Waals surface area contributed by atoms with Gasteiger partial charge in [-0.15, -0.1) is 0 Å². The molecule has 0 radical (unpaired) electrons. The second-order valence-corrected chi connectivity index (χ2v) is 6.93. The van der Waals surface area contributed by atoms with Crippen LogP contribution in [0.1, 0.15) is 23.4 Å². The van der Waals surface area contributed by atoms with Gasteiger partial charge in [0.05, 0.1) is 24.0 Å². The summed E-state index contributed by atoms with van der Waals surface area (Å²) < 4.78 is 15.2. The smallest absolute Gasteiger partial charge is 0.326 e. The number of carbonyl (C=O) groups is 3. The number of amides is 1. The first-order valence-electron chi connectivity index (χ1n) is 9.22. The van der Waals surface area contributed by atoms with Crippen LogP contribution in [0.25, 0.3) is 16.6 Å². The summed E-state index contributed by atoms with van der Waals surface area (Å²) in [6, 6.07) is 1.56. The summed E-state index contributed by atoms with van der Waals surface area (Å²) in [5, 5.41) is 20.7. The van der Waals surface area contributed by atoms with Crippen LogP contribution in [0.4, 0.5) is 4.39 Å². The fraction of sp³-hybridized carbons (Fsp3) is 0.200. The Labute approximate surface area is 174 Å². The molecule has 3 aromatic heterocycles. The Bertz CT molecular complexity index is 1250. The molecule has 0 fully saturated rings. The number of aliphatic carboxylic acids is 2. The monoisotopic (exact) mass is 425 g/mol. The molecule has 11 heteroatoms. The Balaban J connectivity index is 1.61. The van der Waals surface area contributed by atoms with Crippen molar-refractivity contribution in [2.24, 2.45) is 0 Å². The van der Waals surface area contributed by atoms with E-state index < -0.39 is 36.1 Å². The summed E-state index contributed by atoms with van der Waals surface area (Å²) in [4.78, 5) is 46.9. The number of fused-ring (bicyclic) bond motifs is 2. The molecule has 3 aromatic rings. The van der Waals surface area contributed by atoms with Crippen LogP contribution in [0, 0.1) is 5.82 Å². The average molecular weight is 425 g/mol. The standard InChI is InChI=1S/C20H16FN5O5/c21-10-5-13-11(1-2-14(13)22-7-10)18-12-3-4-26(19(12)24-9-23-18)8-16(27)25-15(20(30)31)6-17(28)29/h1,3-5,7,9,15H,2,6,8H2,(H,25,27)(H,28,29)(H,30,31)/t15-/m0/s1. The van der Waals surface area contributed by atoms with Crippen molar-refractivity contribution in [1.29, 1.82) is 0 Å². The number of pyridine rings is 1. The van der Waals surface area contributed by atoms with Gasteiger partial charge < -0.3 is 20.1 Å². The van der Waals surface area contributed by atoms with Gasteiger partial charge in [0.2, 0.25) is 5.91 Å². The molecule has 1 aliphatic carbocycles. The van der Waals surface area contributed by atoms with Gasteiger partial charge in [-0.05, 0) is 12.1 Å². The maximum Gasteiger partial charge on any atom is 0.326 e. The highest BCUT2D eigenvalue weighted by Crippen LogP contribution is 2.34. The van der Waals surface area contributed by atoms with E-state index in [2.05, 4.69) is 20.3 Å². The first-order valence-corrected chi connectivity index (χ1v) is 9.22. The van der Waals surface area contributed by atoms with Gasteiger partial charge in [-0.2, -0.15) is 0 Å². The van der Waals surface area contributed by atoms with Crippen LogP contribution in [-0.4, -0.2) is 53.6 Å². The number of halogens is 1. The van der Waals surface area contributed by atoms with Gasteiger partial charge in [-0.1, -0.05) is 6.08 Å². The largest absolute Gasteiger partial charge is 0.481 e. The van der Waals surface area contributed by atoms with Crippen LogP contribution < -0.4 is 5.32 Å². The Morgan fingerprint density at radius 2 is 2.03 bits per heavy atom. The molecule has 1 amide bonds. The molecule has 0 saturated carbocycles. The van der Waals surface area contributed by atoms with Gasteiger partial charge in [0, 0.05) is 29.1 Å². The Hall–Kier alpha value is -4.15. The minimum atomic E-state index is -1.54. The van der Waals surface area contributed by atoms with E-state index in [4.69, 9.17) is 10.2 Å². The van der Waals surface area contributed by atoms with Crippen molar-refractivity contribution in [2.45, 2.75) is 25.4 Å². The number of nitrogens with zero attached hydrogens (tertiary/aromatic N) is 4. The highest BCUT2D eigenvalue weighted by atomic mass is 19.1. The Morgan fingerprint density at radius 3 is 2.77 bits per heavy atom. The number of carboxylic acid groups (broad SMARTS) is 2. The SMILES string of the molecule is O=C(O)C[C@H](NC(=O)Cn1ccc2c(C3=CCc4ncc(F)cc43)ncnc21)C(=O)O. The third-order valence-corrected chi connectivity index (χ3v) is 4.86. The molecule has 3 heterocycles. The highest BCUT2D eigenvalue weighted by Gasteiger charge is 2.24. The van der Waals surface area contributed by atoms with E-state index in [1.165, 1.54) is 17.0 Å². The number of hydrogen-bond acceptors (Lipinski definition) is 6. The molecule has 3 N–H and O–H groups in total. The molecule has 31 heavy (non-hydrogen) atoms. The molecule has 0 aliphatic heterocycles. The van der Waals surface area contributed by atoms with Crippen LogP contribution in [-0.2, 0) is 27.3 Å². The molecular formula is C20H16FN5O5. The predicted octanol–water partition coefficient (Wildman–Crippen LogP) is 0.997. The zero-order valence-electron chi connectivity index (χ0n) is 15.9. The third-order valence-electron chi connectivity index (χ3n) is 4.86. The summed E-state index contributed by atoms with van der Waals surface area (Å²) in [5.74, 6) is -3.92. The normalized spacial score (nSPS) is 13.5. The second kappa shape index (κ2) is 7.94. The fourth-order valence-electron chi connectivity index (χ4n) is 3.51. The van der Waals surface area contributed by atoms with E-state index in [9.17, 15) is 18.8 Å². The number of rotatable bonds is 7. The van der Waals surface area contributed by atoms with Gasteiger partial charge in [0.1, 0.15) is 30.4 Å². The summed E-state index contributed by atoms with van der Waals surface area (Å²) in [5.41, 5.74) is 3.07. The predicted molar refractivity (Wildman–Crippen MR) is 104 cm³/mol. The van der Waals surface area contributed by atoms with E-state index in [1.807, 2.05) is 6.08 Å². The summed E-state index contributed by atoms with van der Waals surface area (Å²) in [6.07, 6.45) is 5.77. The molecule has 0 bridgehead atoms. The van der Waals surface area contributed by atoms with Gasteiger partial charge in [0.25, 0.3) is 0 Å². The first kappa shape index (κ1) is 20.1. The van der Waals surface area contributed by atoms with Crippen molar-refractivity contribution in [3.8, 4) is 0 Å². The number of allylic oxidation sites excluding steroid dienone is 1. The molecule has 0 saturated heterocycles. The molecule has 4 rings (SSSR count).